The molecule has 2 aliphatic rings. The Morgan fingerprint density at radius 2 is 1.26 bits per heavy atom. The quantitative estimate of drug-likeness (QED) is 0.202. The summed E-state index contributed by atoms with van der Waals surface area (Å²) in [7, 11) is 0. The molecule has 1 unspecified atom stereocenters. The molecule has 4 heteroatoms. The Bertz CT molecular complexity index is 2660. The van der Waals surface area contributed by atoms with E-state index in [2.05, 4.69) is 149 Å². The summed E-state index contributed by atoms with van der Waals surface area (Å²) in [5, 5.41) is 14.3. The molecule has 0 N–H and O–H groups in total. The molecule has 0 radical (unpaired) electrons. The summed E-state index contributed by atoms with van der Waals surface area (Å²) in [5.41, 5.74) is 12.3. The average molecular weight is 602 g/mol. The van der Waals surface area contributed by atoms with Crippen molar-refractivity contribution in [2.75, 3.05) is 0 Å². The van der Waals surface area contributed by atoms with Crippen molar-refractivity contribution in [3.05, 3.63) is 157 Å². The smallest absolute Gasteiger partial charge is 0.128 e. The van der Waals surface area contributed by atoms with Crippen molar-refractivity contribution >= 4 is 54.9 Å². The number of aromatic nitrogens is 2. The summed E-state index contributed by atoms with van der Waals surface area (Å²) in [6.45, 7) is 0. The van der Waals surface area contributed by atoms with E-state index in [4.69, 9.17) is 4.74 Å². The number of fused-ring (bicyclic) bond motifs is 9. The molecular formula is C43H27N3O. The summed E-state index contributed by atoms with van der Waals surface area (Å²) < 4.78 is 11.2. The molecule has 0 bridgehead atoms. The lowest BCUT2D eigenvalue weighted by Gasteiger charge is -2.19. The van der Waals surface area contributed by atoms with Gasteiger partial charge in [0.1, 0.15) is 11.9 Å². The fourth-order valence-corrected chi connectivity index (χ4v) is 7.72. The van der Waals surface area contributed by atoms with Crippen LogP contribution in [0, 0.1) is 11.3 Å². The first-order valence-corrected chi connectivity index (χ1v) is 16.0. The maximum atomic E-state index is 9.58. The van der Waals surface area contributed by atoms with Crippen LogP contribution in [0.5, 0.6) is 5.75 Å². The Morgan fingerprint density at radius 3 is 2.00 bits per heavy atom. The summed E-state index contributed by atoms with van der Waals surface area (Å²) in [6.07, 6.45) is 5.35. The third kappa shape index (κ3) is 3.81. The molecule has 47 heavy (non-hydrogen) atoms. The Hall–Kier alpha value is -6.31. The fraction of sp³-hybridized carbons (Fsp3) is 0.0465. The molecule has 10 rings (SSSR count). The van der Waals surface area contributed by atoms with Gasteiger partial charge in [0.25, 0.3) is 0 Å². The molecule has 0 saturated carbocycles. The number of rotatable bonds is 3. The number of hydrogen-bond donors (Lipinski definition) is 0. The van der Waals surface area contributed by atoms with Crippen LogP contribution in [-0.4, -0.2) is 15.2 Å². The minimum Gasteiger partial charge on any atom is -0.485 e. The van der Waals surface area contributed by atoms with Gasteiger partial charge in [0, 0.05) is 50.5 Å². The van der Waals surface area contributed by atoms with E-state index in [0.717, 1.165) is 56.5 Å². The zero-order valence-electron chi connectivity index (χ0n) is 25.4. The van der Waals surface area contributed by atoms with Gasteiger partial charge in [-0.2, -0.15) is 5.26 Å². The summed E-state index contributed by atoms with van der Waals surface area (Å²) >= 11 is 0. The lowest BCUT2D eigenvalue weighted by Crippen LogP contribution is -2.14. The molecular weight excluding hydrogens is 574 g/mol. The van der Waals surface area contributed by atoms with Crippen molar-refractivity contribution in [2.24, 2.45) is 0 Å². The number of para-hydroxylation sites is 3. The van der Waals surface area contributed by atoms with E-state index < -0.39 is 0 Å². The maximum Gasteiger partial charge on any atom is 0.128 e. The second kappa shape index (κ2) is 9.84. The van der Waals surface area contributed by atoms with E-state index in [1.807, 2.05) is 12.1 Å². The minimum atomic E-state index is -0.00813. The standard InChI is InChI=1S/C43H27N3O/c44-26-27-16-19-41-35(22-27)34-12-3-6-15-40(34)46(41)31-18-21-43-37(25-31)36-24-29(17-20-42(36)47-43)28-8-7-9-30(23-28)45-38-13-4-1-10-32(38)33-11-2-5-14-39(33)45/h1-20,22-25,43H,21H2. The van der Waals surface area contributed by atoms with Crippen LogP contribution >= 0.6 is 0 Å². The monoisotopic (exact) mass is 601 g/mol. The van der Waals surface area contributed by atoms with Crippen LogP contribution in [0.25, 0.3) is 71.7 Å². The van der Waals surface area contributed by atoms with Gasteiger partial charge in [-0.05, 0) is 77.9 Å². The molecule has 0 amide bonds. The first-order chi connectivity index (χ1) is 23.2. The van der Waals surface area contributed by atoms with Gasteiger partial charge in [-0.3, -0.25) is 0 Å². The van der Waals surface area contributed by atoms with Gasteiger partial charge in [-0.15, -0.1) is 0 Å². The summed E-state index contributed by atoms with van der Waals surface area (Å²) in [5.74, 6) is 0.930. The van der Waals surface area contributed by atoms with E-state index >= 15 is 0 Å². The SMILES string of the molecule is N#Cc1ccc2c(c1)c1ccccc1n2C1=CCC2Oc3ccc(-c4cccc(-n5c6ccccc6c6ccccc65)c4)cc3C2=C1. The van der Waals surface area contributed by atoms with E-state index in [1.54, 1.807) is 0 Å². The van der Waals surface area contributed by atoms with Crippen molar-refractivity contribution < 1.29 is 4.74 Å². The lowest BCUT2D eigenvalue weighted by atomic mass is 9.93. The molecule has 1 atom stereocenters. The van der Waals surface area contributed by atoms with Crippen LogP contribution in [0.15, 0.2) is 146 Å². The van der Waals surface area contributed by atoms with Crippen molar-refractivity contribution in [3.63, 3.8) is 0 Å². The third-order valence-electron chi connectivity index (χ3n) is 9.83. The van der Waals surface area contributed by atoms with Crippen LogP contribution in [0.4, 0.5) is 0 Å². The topological polar surface area (TPSA) is 42.9 Å². The Morgan fingerprint density at radius 1 is 0.596 bits per heavy atom. The summed E-state index contributed by atoms with van der Waals surface area (Å²) in [4.78, 5) is 0. The van der Waals surface area contributed by atoms with Gasteiger partial charge in [0.05, 0.1) is 33.7 Å². The number of ether oxygens (including phenoxy) is 1. The van der Waals surface area contributed by atoms with Gasteiger partial charge >= 0.3 is 0 Å². The van der Waals surface area contributed by atoms with E-state index in [1.165, 1.54) is 32.9 Å². The molecule has 8 aromatic rings. The van der Waals surface area contributed by atoms with Gasteiger partial charge in [-0.25, -0.2) is 0 Å². The van der Waals surface area contributed by atoms with Crippen LogP contribution in [0.3, 0.4) is 0 Å². The van der Waals surface area contributed by atoms with Crippen LogP contribution in [0.2, 0.25) is 0 Å². The number of nitriles is 1. The third-order valence-corrected chi connectivity index (χ3v) is 9.83. The Kier molecular flexibility index (Phi) is 5.44. The van der Waals surface area contributed by atoms with Gasteiger partial charge in [0.2, 0.25) is 0 Å². The van der Waals surface area contributed by atoms with Crippen LogP contribution in [-0.2, 0) is 0 Å². The van der Waals surface area contributed by atoms with E-state index in [0.29, 0.717) is 5.56 Å². The molecule has 3 heterocycles. The number of hydrogen-bond acceptors (Lipinski definition) is 2. The minimum absolute atomic E-state index is 0.00813. The molecule has 1 aliphatic carbocycles. The van der Waals surface area contributed by atoms with Crippen LogP contribution in [0.1, 0.15) is 17.5 Å². The van der Waals surface area contributed by atoms with Crippen LogP contribution < -0.4 is 4.74 Å². The van der Waals surface area contributed by atoms with Gasteiger partial charge < -0.3 is 13.9 Å². The zero-order valence-corrected chi connectivity index (χ0v) is 25.4. The largest absolute Gasteiger partial charge is 0.485 e. The van der Waals surface area contributed by atoms with E-state index in [9.17, 15) is 5.26 Å². The van der Waals surface area contributed by atoms with Gasteiger partial charge in [0.15, 0.2) is 0 Å². The van der Waals surface area contributed by atoms with Crippen molar-refractivity contribution in [1.82, 2.24) is 9.13 Å². The zero-order chi connectivity index (χ0) is 31.1. The number of benzene rings is 6. The number of allylic oxidation sites excluding steroid dienone is 2. The molecule has 0 spiro atoms. The van der Waals surface area contributed by atoms with Crippen molar-refractivity contribution in [1.29, 1.82) is 5.26 Å². The highest BCUT2D eigenvalue weighted by molar-refractivity contribution is 6.11. The Labute approximate surface area is 271 Å². The predicted molar refractivity (Wildman–Crippen MR) is 192 cm³/mol. The molecule has 6 aromatic carbocycles. The van der Waals surface area contributed by atoms with Crippen molar-refractivity contribution in [2.45, 2.75) is 12.5 Å². The number of nitrogens with zero attached hydrogens (tertiary/aromatic N) is 3. The van der Waals surface area contributed by atoms with E-state index in [-0.39, 0.29) is 6.10 Å². The highest BCUT2D eigenvalue weighted by Crippen LogP contribution is 2.45. The molecule has 4 nitrogen and oxygen atoms in total. The molecule has 220 valence electrons. The highest BCUT2D eigenvalue weighted by Gasteiger charge is 2.31. The highest BCUT2D eigenvalue weighted by atomic mass is 16.5. The second-order valence-electron chi connectivity index (χ2n) is 12.4. The maximum absolute atomic E-state index is 9.58. The molecule has 2 aromatic heterocycles. The fourth-order valence-electron chi connectivity index (χ4n) is 7.72. The second-order valence-corrected chi connectivity index (χ2v) is 12.4. The first kappa shape index (κ1) is 26.0. The lowest BCUT2D eigenvalue weighted by molar-refractivity contribution is 0.279. The van der Waals surface area contributed by atoms with Crippen molar-refractivity contribution in [3.8, 4) is 28.6 Å². The summed E-state index contributed by atoms with van der Waals surface area (Å²) in [6, 6.07) is 49.4. The molecule has 0 saturated heterocycles. The first-order valence-electron chi connectivity index (χ1n) is 16.0. The Balaban J connectivity index is 1.08. The molecule has 0 fully saturated rings. The molecule has 1 aliphatic heterocycles. The normalized spacial score (nSPS) is 15.3. The van der Waals surface area contributed by atoms with Gasteiger partial charge in [-0.1, -0.05) is 78.9 Å². The average Bonchev–Trinajstić information content (AvgIpc) is 3.78. The predicted octanol–water partition coefficient (Wildman–Crippen LogP) is 10.5.